The van der Waals surface area contributed by atoms with Gasteiger partial charge in [-0.2, -0.15) is 8.42 Å². The Hall–Kier alpha value is -0.920. The van der Waals surface area contributed by atoms with Crippen molar-refractivity contribution in [3.63, 3.8) is 0 Å². The molecule has 2 aromatic rings. The first-order valence-electron chi connectivity index (χ1n) is 5.22. The first kappa shape index (κ1) is 13.5. The highest BCUT2D eigenvalue weighted by Gasteiger charge is 2.16. The van der Waals surface area contributed by atoms with Crippen molar-refractivity contribution < 1.29 is 13.0 Å². The normalized spacial score (nSPS) is 11.5. The molecule has 3 nitrogen and oxygen atoms in total. The van der Waals surface area contributed by atoms with Crippen LogP contribution in [0.3, 0.4) is 0 Å². The average Bonchev–Trinajstić information content (AvgIpc) is 2.28. The molecule has 0 unspecified atom stereocenters. The Labute approximate surface area is 120 Å². The lowest BCUT2D eigenvalue weighted by Gasteiger charge is -2.08. The summed E-state index contributed by atoms with van der Waals surface area (Å²) in [6, 6.07) is 12.3. The third kappa shape index (κ3) is 2.90. The molecule has 0 heterocycles. The number of hydrogen-bond donors (Lipinski definition) is 1. The fourth-order valence-corrected chi connectivity index (χ4v) is 2.87. The SMILES string of the molecule is Cc1ccc(-c2cc(I)ccc2S(=O)(=O)O)cc1. The van der Waals surface area contributed by atoms with Gasteiger partial charge >= 0.3 is 0 Å². The van der Waals surface area contributed by atoms with Gasteiger partial charge in [0.25, 0.3) is 10.1 Å². The van der Waals surface area contributed by atoms with Gasteiger partial charge in [0.2, 0.25) is 0 Å². The van der Waals surface area contributed by atoms with Crippen molar-refractivity contribution >= 4 is 32.7 Å². The van der Waals surface area contributed by atoms with E-state index in [2.05, 4.69) is 22.6 Å². The maximum atomic E-state index is 11.4. The molecule has 0 atom stereocenters. The van der Waals surface area contributed by atoms with Crippen LogP contribution >= 0.6 is 22.6 Å². The fourth-order valence-electron chi connectivity index (χ4n) is 1.69. The van der Waals surface area contributed by atoms with Crippen LogP contribution in [0.1, 0.15) is 5.56 Å². The van der Waals surface area contributed by atoms with E-state index in [0.717, 1.165) is 14.7 Å². The summed E-state index contributed by atoms with van der Waals surface area (Å²) in [6.07, 6.45) is 0. The number of halogens is 1. The van der Waals surface area contributed by atoms with Crippen LogP contribution in [0.15, 0.2) is 47.4 Å². The molecule has 94 valence electrons. The van der Waals surface area contributed by atoms with Crippen molar-refractivity contribution in [1.29, 1.82) is 0 Å². The van der Waals surface area contributed by atoms with Gasteiger partial charge in [0.15, 0.2) is 0 Å². The lowest BCUT2D eigenvalue weighted by atomic mass is 10.0. The van der Waals surface area contributed by atoms with Crippen LogP contribution in [0.25, 0.3) is 11.1 Å². The summed E-state index contributed by atoms with van der Waals surface area (Å²) < 4.78 is 32.9. The third-order valence-corrected chi connectivity index (χ3v) is 4.16. The summed E-state index contributed by atoms with van der Waals surface area (Å²) >= 11 is 2.11. The van der Waals surface area contributed by atoms with Crippen LogP contribution in [0.5, 0.6) is 0 Å². The lowest BCUT2D eigenvalue weighted by Crippen LogP contribution is -2.01. The Kier molecular flexibility index (Phi) is 3.74. The smallest absolute Gasteiger partial charge is 0.282 e. The molecular formula is C13H11IO3S. The van der Waals surface area contributed by atoms with E-state index in [1.165, 1.54) is 6.07 Å². The van der Waals surface area contributed by atoms with Crippen molar-refractivity contribution in [2.45, 2.75) is 11.8 Å². The highest BCUT2D eigenvalue weighted by Crippen LogP contribution is 2.29. The monoisotopic (exact) mass is 374 g/mol. The van der Waals surface area contributed by atoms with Crippen LogP contribution in [0, 0.1) is 10.5 Å². The summed E-state index contributed by atoms with van der Waals surface area (Å²) in [5, 5.41) is 0. The minimum Gasteiger partial charge on any atom is -0.282 e. The van der Waals surface area contributed by atoms with Crippen LogP contribution < -0.4 is 0 Å². The maximum Gasteiger partial charge on any atom is 0.295 e. The topological polar surface area (TPSA) is 54.4 Å². The first-order chi connectivity index (χ1) is 8.38. The first-order valence-corrected chi connectivity index (χ1v) is 7.74. The van der Waals surface area contributed by atoms with E-state index in [1.54, 1.807) is 12.1 Å². The van der Waals surface area contributed by atoms with E-state index in [1.807, 2.05) is 31.2 Å². The maximum absolute atomic E-state index is 11.4. The largest absolute Gasteiger partial charge is 0.295 e. The molecule has 0 amide bonds. The number of benzene rings is 2. The predicted molar refractivity (Wildman–Crippen MR) is 79.1 cm³/mol. The van der Waals surface area contributed by atoms with Gasteiger partial charge in [-0.25, -0.2) is 0 Å². The van der Waals surface area contributed by atoms with Crippen molar-refractivity contribution in [3.05, 3.63) is 51.6 Å². The summed E-state index contributed by atoms with van der Waals surface area (Å²) in [5.74, 6) is 0. The molecule has 2 rings (SSSR count). The summed E-state index contributed by atoms with van der Waals surface area (Å²) in [7, 11) is -4.21. The molecule has 0 aliphatic carbocycles. The molecule has 0 spiro atoms. The molecule has 2 aromatic carbocycles. The molecule has 5 heteroatoms. The molecular weight excluding hydrogens is 363 g/mol. The van der Waals surface area contributed by atoms with Gasteiger partial charge in [0.1, 0.15) is 4.90 Å². The van der Waals surface area contributed by atoms with Gasteiger partial charge in [-0.15, -0.1) is 0 Å². The zero-order chi connectivity index (χ0) is 13.3. The van der Waals surface area contributed by atoms with E-state index in [4.69, 9.17) is 0 Å². The van der Waals surface area contributed by atoms with E-state index in [-0.39, 0.29) is 4.90 Å². The Balaban J connectivity index is 2.69. The van der Waals surface area contributed by atoms with Gasteiger partial charge < -0.3 is 0 Å². The Morgan fingerprint density at radius 2 is 1.67 bits per heavy atom. The minimum absolute atomic E-state index is 0.0632. The zero-order valence-corrected chi connectivity index (χ0v) is 12.6. The highest BCUT2D eigenvalue weighted by molar-refractivity contribution is 14.1. The second-order valence-electron chi connectivity index (χ2n) is 3.98. The minimum atomic E-state index is -4.21. The second kappa shape index (κ2) is 4.99. The molecule has 18 heavy (non-hydrogen) atoms. The van der Waals surface area contributed by atoms with E-state index >= 15 is 0 Å². The molecule has 0 radical (unpaired) electrons. The predicted octanol–water partition coefficient (Wildman–Crippen LogP) is 3.51. The quantitative estimate of drug-likeness (QED) is 0.647. The van der Waals surface area contributed by atoms with Crippen molar-refractivity contribution in [3.8, 4) is 11.1 Å². The molecule has 0 aliphatic rings. The second-order valence-corrected chi connectivity index (χ2v) is 6.62. The summed E-state index contributed by atoms with van der Waals surface area (Å²) in [6.45, 7) is 1.96. The van der Waals surface area contributed by atoms with Crippen LogP contribution in [0.4, 0.5) is 0 Å². The van der Waals surface area contributed by atoms with Crippen molar-refractivity contribution in [2.24, 2.45) is 0 Å². The summed E-state index contributed by atoms with van der Waals surface area (Å²) in [5.41, 5.74) is 2.38. The van der Waals surface area contributed by atoms with E-state index in [9.17, 15) is 13.0 Å². The fraction of sp³-hybridized carbons (Fsp3) is 0.0769. The molecule has 0 fully saturated rings. The Morgan fingerprint density at radius 1 is 1.06 bits per heavy atom. The van der Waals surface area contributed by atoms with Crippen LogP contribution in [-0.4, -0.2) is 13.0 Å². The Bertz CT molecular complexity index is 676. The lowest BCUT2D eigenvalue weighted by molar-refractivity contribution is 0.483. The van der Waals surface area contributed by atoms with Gasteiger partial charge in [-0.1, -0.05) is 29.8 Å². The van der Waals surface area contributed by atoms with Gasteiger partial charge in [0.05, 0.1) is 0 Å². The van der Waals surface area contributed by atoms with Crippen molar-refractivity contribution in [1.82, 2.24) is 0 Å². The average molecular weight is 374 g/mol. The molecule has 0 bridgehead atoms. The third-order valence-electron chi connectivity index (χ3n) is 2.58. The standard InChI is InChI=1S/C13H11IO3S/c1-9-2-4-10(5-3-9)12-8-11(14)6-7-13(12)18(15,16)17/h2-8H,1H3,(H,15,16,17). The van der Waals surface area contributed by atoms with Crippen molar-refractivity contribution in [2.75, 3.05) is 0 Å². The molecule has 0 aliphatic heterocycles. The number of rotatable bonds is 2. The molecule has 0 saturated heterocycles. The molecule has 1 N–H and O–H groups in total. The van der Waals surface area contributed by atoms with Crippen LogP contribution in [-0.2, 0) is 10.1 Å². The number of hydrogen-bond acceptors (Lipinski definition) is 2. The van der Waals surface area contributed by atoms with Gasteiger partial charge in [-0.05, 0) is 53.3 Å². The molecule has 0 saturated carbocycles. The number of aryl methyl sites for hydroxylation is 1. The highest BCUT2D eigenvalue weighted by atomic mass is 127. The Morgan fingerprint density at radius 3 is 2.22 bits per heavy atom. The van der Waals surface area contributed by atoms with Crippen LogP contribution in [0.2, 0.25) is 0 Å². The zero-order valence-electron chi connectivity index (χ0n) is 9.59. The molecule has 0 aromatic heterocycles. The van der Waals surface area contributed by atoms with E-state index < -0.39 is 10.1 Å². The van der Waals surface area contributed by atoms with Gasteiger partial charge in [-0.3, -0.25) is 4.55 Å². The van der Waals surface area contributed by atoms with E-state index in [0.29, 0.717) is 5.56 Å². The van der Waals surface area contributed by atoms with Gasteiger partial charge in [0, 0.05) is 9.13 Å². The summed E-state index contributed by atoms with van der Waals surface area (Å²) in [4.78, 5) is -0.0632.